The Labute approximate surface area is 121 Å². The maximum atomic E-state index is 12.1. The number of hydrogen-bond acceptors (Lipinski definition) is 3. The van der Waals surface area contributed by atoms with Gasteiger partial charge < -0.3 is 10.2 Å². The molecular formula is C13H25ClN2OS. The lowest BCUT2D eigenvalue weighted by atomic mass is 10.0. The van der Waals surface area contributed by atoms with E-state index in [1.165, 1.54) is 6.42 Å². The van der Waals surface area contributed by atoms with Gasteiger partial charge in [-0.25, -0.2) is 0 Å². The zero-order valence-corrected chi connectivity index (χ0v) is 13.0. The Morgan fingerprint density at radius 1 is 1.50 bits per heavy atom. The van der Waals surface area contributed by atoms with Crippen LogP contribution in [0.5, 0.6) is 0 Å². The largest absolute Gasteiger partial charge is 0.341 e. The molecule has 1 amide bonds. The van der Waals surface area contributed by atoms with Crippen LogP contribution in [-0.2, 0) is 4.79 Å². The summed E-state index contributed by atoms with van der Waals surface area (Å²) in [7, 11) is 0. The minimum atomic E-state index is 0. The summed E-state index contributed by atoms with van der Waals surface area (Å²) in [5, 5.41) is 3.36. The van der Waals surface area contributed by atoms with Crippen LogP contribution in [0.4, 0.5) is 0 Å². The minimum absolute atomic E-state index is 0. The van der Waals surface area contributed by atoms with Crippen LogP contribution in [0.25, 0.3) is 0 Å². The number of hydrogen-bond donors (Lipinski definition) is 1. The third-order valence-electron chi connectivity index (χ3n) is 3.71. The summed E-state index contributed by atoms with van der Waals surface area (Å²) in [6, 6.07) is 0. The molecule has 0 aromatic rings. The normalized spacial score (nSPS) is 26.8. The van der Waals surface area contributed by atoms with Gasteiger partial charge in [-0.2, -0.15) is 11.8 Å². The fourth-order valence-electron chi connectivity index (χ4n) is 2.68. The fourth-order valence-corrected chi connectivity index (χ4v) is 3.79. The molecule has 1 atom stereocenters. The maximum absolute atomic E-state index is 12.1. The van der Waals surface area contributed by atoms with E-state index in [1.54, 1.807) is 0 Å². The Morgan fingerprint density at radius 2 is 2.28 bits per heavy atom. The predicted octanol–water partition coefficient (Wildman–Crippen LogP) is 2.15. The first kappa shape index (κ1) is 16.1. The number of thioether (sulfide) groups is 1. The highest BCUT2D eigenvalue weighted by molar-refractivity contribution is 8.00. The van der Waals surface area contributed by atoms with E-state index in [2.05, 4.69) is 24.1 Å². The summed E-state index contributed by atoms with van der Waals surface area (Å²) in [6.07, 6.45) is 3.05. The van der Waals surface area contributed by atoms with Gasteiger partial charge in [0.15, 0.2) is 0 Å². The summed E-state index contributed by atoms with van der Waals surface area (Å²) < 4.78 is 0.239. The second-order valence-electron chi connectivity index (χ2n) is 5.82. The predicted molar refractivity (Wildman–Crippen MR) is 80.6 cm³/mol. The number of nitrogens with one attached hydrogen (secondary N) is 1. The van der Waals surface area contributed by atoms with Gasteiger partial charge in [0.1, 0.15) is 0 Å². The molecule has 106 valence electrons. The van der Waals surface area contributed by atoms with E-state index in [0.717, 1.165) is 50.7 Å². The van der Waals surface area contributed by atoms with Crippen molar-refractivity contribution in [2.45, 2.75) is 37.9 Å². The standard InChI is InChI=1S/C13H24N2OS.ClH/c1-13(2)10-15(7-8-17-13)12(16)4-3-11-5-6-14-9-11;/h11,14H,3-10H2,1-2H3;1H. The van der Waals surface area contributed by atoms with Gasteiger partial charge in [0.05, 0.1) is 0 Å². The van der Waals surface area contributed by atoms with E-state index in [1.807, 2.05) is 11.8 Å². The van der Waals surface area contributed by atoms with Gasteiger partial charge in [0.25, 0.3) is 0 Å². The van der Waals surface area contributed by atoms with Crippen LogP contribution in [0.2, 0.25) is 0 Å². The monoisotopic (exact) mass is 292 g/mol. The number of nitrogens with zero attached hydrogens (tertiary/aromatic N) is 1. The van der Waals surface area contributed by atoms with Crippen molar-refractivity contribution in [3.05, 3.63) is 0 Å². The molecule has 0 spiro atoms. The van der Waals surface area contributed by atoms with Crippen molar-refractivity contribution in [2.24, 2.45) is 5.92 Å². The molecule has 2 fully saturated rings. The molecule has 0 bridgehead atoms. The highest BCUT2D eigenvalue weighted by atomic mass is 35.5. The smallest absolute Gasteiger partial charge is 0.222 e. The molecule has 18 heavy (non-hydrogen) atoms. The van der Waals surface area contributed by atoms with Crippen molar-refractivity contribution >= 4 is 30.1 Å². The zero-order chi connectivity index (χ0) is 12.3. The van der Waals surface area contributed by atoms with Crippen LogP contribution in [0.1, 0.15) is 33.1 Å². The van der Waals surface area contributed by atoms with E-state index in [4.69, 9.17) is 0 Å². The van der Waals surface area contributed by atoms with E-state index in [-0.39, 0.29) is 17.2 Å². The molecule has 0 aromatic carbocycles. The van der Waals surface area contributed by atoms with E-state index < -0.39 is 0 Å². The van der Waals surface area contributed by atoms with Crippen LogP contribution in [0.15, 0.2) is 0 Å². The maximum Gasteiger partial charge on any atom is 0.222 e. The van der Waals surface area contributed by atoms with Crippen LogP contribution < -0.4 is 5.32 Å². The number of carbonyl (C=O) groups excluding carboxylic acids is 1. The molecule has 2 aliphatic rings. The first-order valence-electron chi connectivity index (χ1n) is 6.69. The Kier molecular flexibility index (Phi) is 6.28. The quantitative estimate of drug-likeness (QED) is 0.865. The molecule has 2 rings (SSSR count). The molecule has 1 N–H and O–H groups in total. The number of halogens is 1. The fraction of sp³-hybridized carbons (Fsp3) is 0.923. The van der Waals surface area contributed by atoms with Crippen LogP contribution >= 0.6 is 24.2 Å². The van der Waals surface area contributed by atoms with Crippen molar-refractivity contribution in [3.63, 3.8) is 0 Å². The molecule has 1 unspecified atom stereocenters. The Hall–Kier alpha value is 0.0700. The van der Waals surface area contributed by atoms with Crippen LogP contribution in [0.3, 0.4) is 0 Å². The molecule has 2 heterocycles. The van der Waals surface area contributed by atoms with Crippen molar-refractivity contribution in [1.29, 1.82) is 0 Å². The molecule has 0 aliphatic carbocycles. The number of rotatable bonds is 3. The lowest BCUT2D eigenvalue weighted by Gasteiger charge is -2.37. The molecule has 5 heteroatoms. The average molecular weight is 293 g/mol. The third-order valence-corrected chi connectivity index (χ3v) is 5.00. The van der Waals surface area contributed by atoms with Gasteiger partial charge in [-0.1, -0.05) is 0 Å². The number of carbonyl (C=O) groups is 1. The molecule has 0 radical (unpaired) electrons. The SMILES string of the molecule is CC1(C)CN(C(=O)CCC2CCNC2)CCS1.Cl. The lowest BCUT2D eigenvalue weighted by Crippen LogP contribution is -2.46. The molecule has 3 nitrogen and oxygen atoms in total. The lowest BCUT2D eigenvalue weighted by molar-refractivity contribution is -0.131. The van der Waals surface area contributed by atoms with E-state index in [0.29, 0.717) is 5.91 Å². The van der Waals surface area contributed by atoms with Crippen molar-refractivity contribution in [2.75, 3.05) is 31.9 Å². The van der Waals surface area contributed by atoms with Crippen LogP contribution in [0, 0.1) is 5.92 Å². The van der Waals surface area contributed by atoms with Crippen molar-refractivity contribution in [1.82, 2.24) is 10.2 Å². The second-order valence-corrected chi connectivity index (χ2v) is 7.62. The second kappa shape index (κ2) is 7.01. The first-order chi connectivity index (χ1) is 8.07. The molecular weight excluding hydrogens is 268 g/mol. The van der Waals surface area contributed by atoms with Crippen molar-refractivity contribution < 1.29 is 4.79 Å². The summed E-state index contributed by atoms with van der Waals surface area (Å²) in [4.78, 5) is 14.2. The third kappa shape index (κ3) is 4.63. The first-order valence-corrected chi connectivity index (χ1v) is 7.68. The average Bonchev–Trinajstić information content (AvgIpc) is 2.77. The molecule has 2 aliphatic heterocycles. The van der Waals surface area contributed by atoms with E-state index >= 15 is 0 Å². The van der Waals surface area contributed by atoms with E-state index in [9.17, 15) is 4.79 Å². The Bertz CT molecular complexity index is 280. The topological polar surface area (TPSA) is 32.3 Å². The van der Waals surface area contributed by atoms with Gasteiger partial charge in [0, 0.05) is 30.0 Å². The minimum Gasteiger partial charge on any atom is -0.341 e. The zero-order valence-electron chi connectivity index (χ0n) is 11.4. The highest BCUT2D eigenvalue weighted by Gasteiger charge is 2.29. The summed E-state index contributed by atoms with van der Waals surface area (Å²) in [6.45, 7) is 8.56. The Balaban J connectivity index is 0.00000162. The Morgan fingerprint density at radius 3 is 2.89 bits per heavy atom. The van der Waals surface area contributed by atoms with Gasteiger partial charge in [-0.05, 0) is 45.7 Å². The highest BCUT2D eigenvalue weighted by Crippen LogP contribution is 2.30. The molecule has 0 saturated carbocycles. The van der Waals surface area contributed by atoms with Gasteiger partial charge in [-0.3, -0.25) is 4.79 Å². The van der Waals surface area contributed by atoms with Gasteiger partial charge >= 0.3 is 0 Å². The summed E-state index contributed by atoms with van der Waals surface area (Å²) in [5.74, 6) is 2.18. The summed E-state index contributed by atoms with van der Waals surface area (Å²) in [5.41, 5.74) is 0. The van der Waals surface area contributed by atoms with Crippen LogP contribution in [-0.4, -0.2) is 47.5 Å². The van der Waals surface area contributed by atoms with Gasteiger partial charge in [0.2, 0.25) is 5.91 Å². The molecule has 2 saturated heterocycles. The van der Waals surface area contributed by atoms with Crippen molar-refractivity contribution in [3.8, 4) is 0 Å². The number of amides is 1. The summed E-state index contributed by atoms with van der Waals surface area (Å²) >= 11 is 1.98. The van der Waals surface area contributed by atoms with Gasteiger partial charge in [-0.15, -0.1) is 12.4 Å². The molecule has 0 aromatic heterocycles.